The van der Waals surface area contributed by atoms with Crippen molar-refractivity contribution in [2.75, 3.05) is 13.7 Å². The summed E-state index contributed by atoms with van der Waals surface area (Å²) in [6.07, 6.45) is 1.73. The van der Waals surface area contributed by atoms with Crippen molar-refractivity contribution in [3.8, 4) is 0 Å². The fourth-order valence-electron chi connectivity index (χ4n) is 1.15. The third-order valence-electron chi connectivity index (χ3n) is 1.87. The van der Waals surface area contributed by atoms with Gasteiger partial charge >= 0.3 is 5.97 Å². The Bertz CT molecular complexity index is 167. The second-order valence-corrected chi connectivity index (χ2v) is 2.75. The van der Waals surface area contributed by atoms with Gasteiger partial charge in [0.25, 0.3) is 0 Å². The van der Waals surface area contributed by atoms with Crippen LogP contribution >= 0.6 is 0 Å². The van der Waals surface area contributed by atoms with E-state index in [4.69, 9.17) is 0 Å². The minimum Gasteiger partial charge on any atom is -0.468 e. The third kappa shape index (κ3) is 2.05. The quantitative estimate of drug-likeness (QED) is 0.442. The van der Waals surface area contributed by atoms with Crippen LogP contribution in [0.2, 0.25) is 0 Å². The molecule has 11 heavy (non-hydrogen) atoms. The van der Waals surface area contributed by atoms with Gasteiger partial charge in [-0.2, -0.15) is 0 Å². The molecule has 1 aliphatic heterocycles. The van der Waals surface area contributed by atoms with Gasteiger partial charge in [-0.3, -0.25) is 4.79 Å². The molecular formula is C8H13NO2. The summed E-state index contributed by atoms with van der Waals surface area (Å²) >= 11 is 0. The van der Waals surface area contributed by atoms with Crippen molar-refractivity contribution in [2.45, 2.75) is 18.9 Å². The predicted molar refractivity (Wildman–Crippen MR) is 42.2 cm³/mol. The van der Waals surface area contributed by atoms with Gasteiger partial charge in [0.15, 0.2) is 0 Å². The largest absolute Gasteiger partial charge is 0.468 e. The molecule has 0 aromatic rings. The number of carbonyl (C=O) groups excluding carboxylic acids is 1. The highest BCUT2D eigenvalue weighted by Crippen LogP contribution is 2.11. The molecule has 1 unspecified atom stereocenters. The molecule has 62 valence electrons. The van der Waals surface area contributed by atoms with Crippen LogP contribution in [0.3, 0.4) is 0 Å². The van der Waals surface area contributed by atoms with E-state index in [-0.39, 0.29) is 12.0 Å². The maximum absolute atomic E-state index is 11.0. The zero-order chi connectivity index (χ0) is 8.27. The van der Waals surface area contributed by atoms with Crippen LogP contribution in [0.1, 0.15) is 12.8 Å². The van der Waals surface area contributed by atoms with Crippen LogP contribution < -0.4 is 5.32 Å². The lowest BCUT2D eigenvalue weighted by Crippen LogP contribution is -2.41. The Morgan fingerprint density at radius 1 is 1.82 bits per heavy atom. The molecule has 0 bridgehead atoms. The lowest BCUT2D eigenvalue weighted by Gasteiger charge is -2.22. The van der Waals surface area contributed by atoms with Crippen molar-refractivity contribution >= 4 is 5.97 Å². The number of hydrogen-bond donors (Lipinski definition) is 1. The number of esters is 1. The van der Waals surface area contributed by atoms with E-state index < -0.39 is 0 Å². The van der Waals surface area contributed by atoms with E-state index in [1.54, 1.807) is 0 Å². The summed E-state index contributed by atoms with van der Waals surface area (Å²) in [4.78, 5) is 11.0. The Labute approximate surface area is 66.4 Å². The van der Waals surface area contributed by atoms with E-state index in [0.29, 0.717) is 0 Å². The first-order chi connectivity index (χ1) is 5.24. The molecular weight excluding hydrogens is 142 g/mol. The lowest BCUT2D eigenvalue weighted by atomic mass is 10.0. The van der Waals surface area contributed by atoms with Crippen molar-refractivity contribution < 1.29 is 9.53 Å². The van der Waals surface area contributed by atoms with Crippen LogP contribution in [0.25, 0.3) is 0 Å². The van der Waals surface area contributed by atoms with E-state index in [0.717, 1.165) is 25.0 Å². The second kappa shape index (κ2) is 3.53. The van der Waals surface area contributed by atoms with Crippen LogP contribution in [0.4, 0.5) is 0 Å². The Morgan fingerprint density at radius 3 is 3.00 bits per heavy atom. The summed E-state index contributed by atoms with van der Waals surface area (Å²) in [5.74, 6) is -0.169. The Balaban J connectivity index is 2.39. The summed E-state index contributed by atoms with van der Waals surface area (Å²) in [5.41, 5.74) is 1.16. The number of carbonyl (C=O) groups is 1. The summed E-state index contributed by atoms with van der Waals surface area (Å²) in [7, 11) is 1.41. The highest BCUT2D eigenvalue weighted by atomic mass is 16.5. The van der Waals surface area contributed by atoms with Crippen LogP contribution in [-0.4, -0.2) is 25.7 Å². The molecule has 3 heteroatoms. The summed E-state index contributed by atoms with van der Waals surface area (Å²) in [6.45, 7) is 4.56. The third-order valence-corrected chi connectivity index (χ3v) is 1.87. The zero-order valence-electron chi connectivity index (χ0n) is 6.72. The number of nitrogens with one attached hydrogen (secondary N) is 1. The van der Waals surface area contributed by atoms with Crippen LogP contribution in [0, 0.1) is 0 Å². The van der Waals surface area contributed by atoms with Crippen LogP contribution in [0.15, 0.2) is 12.2 Å². The van der Waals surface area contributed by atoms with E-state index in [2.05, 4.69) is 16.6 Å². The van der Waals surface area contributed by atoms with E-state index in [1.807, 2.05) is 0 Å². The molecule has 0 radical (unpaired) electrons. The molecule has 0 aliphatic carbocycles. The number of rotatable bonds is 1. The summed E-state index contributed by atoms with van der Waals surface area (Å²) in [5, 5.41) is 3.05. The Kier molecular flexibility index (Phi) is 2.65. The van der Waals surface area contributed by atoms with Crippen LogP contribution in [-0.2, 0) is 9.53 Å². The molecule has 0 saturated carbocycles. The molecule has 0 aromatic heterocycles. The van der Waals surface area contributed by atoms with Crippen molar-refractivity contribution in [1.82, 2.24) is 5.32 Å². The first-order valence-electron chi connectivity index (χ1n) is 3.72. The van der Waals surface area contributed by atoms with Gasteiger partial charge in [-0.05, 0) is 12.8 Å². The fourth-order valence-corrected chi connectivity index (χ4v) is 1.15. The molecule has 1 rings (SSSR count). The highest BCUT2D eigenvalue weighted by molar-refractivity contribution is 5.75. The summed E-state index contributed by atoms with van der Waals surface area (Å²) in [6, 6.07) is -0.120. The first kappa shape index (κ1) is 8.27. The van der Waals surface area contributed by atoms with Crippen molar-refractivity contribution in [3.05, 3.63) is 12.2 Å². The van der Waals surface area contributed by atoms with Gasteiger partial charge in [-0.15, -0.1) is 0 Å². The molecule has 1 fully saturated rings. The fraction of sp³-hybridized carbons (Fsp3) is 0.625. The maximum atomic E-state index is 11.0. The normalized spacial score (nSPS) is 24.8. The molecule has 1 N–H and O–H groups in total. The van der Waals surface area contributed by atoms with Crippen molar-refractivity contribution in [1.29, 1.82) is 0 Å². The SMILES string of the molecule is C=C1CCC(C(=O)OC)NC1. The molecule has 0 aromatic carbocycles. The topological polar surface area (TPSA) is 38.3 Å². The zero-order valence-corrected chi connectivity index (χ0v) is 6.72. The van der Waals surface area contributed by atoms with E-state index in [1.165, 1.54) is 7.11 Å². The predicted octanol–water partition coefficient (Wildman–Crippen LogP) is 0.468. The number of methoxy groups -OCH3 is 1. The first-order valence-corrected chi connectivity index (χ1v) is 3.72. The molecule has 1 aliphatic rings. The van der Waals surface area contributed by atoms with Gasteiger partial charge in [-0.1, -0.05) is 12.2 Å². The molecule has 1 heterocycles. The number of piperidine rings is 1. The van der Waals surface area contributed by atoms with Gasteiger partial charge in [0.2, 0.25) is 0 Å². The smallest absolute Gasteiger partial charge is 0.322 e. The van der Waals surface area contributed by atoms with Gasteiger partial charge in [-0.25, -0.2) is 0 Å². The van der Waals surface area contributed by atoms with Gasteiger partial charge < -0.3 is 10.1 Å². The minimum atomic E-state index is -0.169. The summed E-state index contributed by atoms with van der Waals surface area (Å²) < 4.78 is 4.59. The monoisotopic (exact) mass is 155 g/mol. The van der Waals surface area contributed by atoms with Crippen molar-refractivity contribution in [2.24, 2.45) is 0 Å². The second-order valence-electron chi connectivity index (χ2n) is 2.75. The molecule has 0 amide bonds. The standard InChI is InChI=1S/C8H13NO2/c1-6-3-4-7(9-5-6)8(10)11-2/h7,9H,1,3-5H2,2H3. The molecule has 3 nitrogen and oxygen atoms in total. The highest BCUT2D eigenvalue weighted by Gasteiger charge is 2.21. The average molecular weight is 155 g/mol. The van der Waals surface area contributed by atoms with Gasteiger partial charge in [0, 0.05) is 6.54 Å². The minimum absolute atomic E-state index is 0.120. The van der Waals surface area contributed by atoms with Gasteiger partial charge in [0.05, 0.1) is 7.11 Å². The van der Waals surface area contributed by atoms with Gasteiger partial charge in [0.1, 0.15) is 6.04 Å². The molecule has 1 saturated heterocycles. The van der Waals surface area contributed by atoms with Crippen LogP contribution in [0.5, 0.6) is 0 Å². The molecule has 0 spiro atoms. The maximum Gasteiger partial charge on any atom is 0.322 e. The number of hydrogen-bond acceptors (Lipinski definition) is 3. The Morgan fingerprint density at radius 2 is 2.55 bits per heavy atom. The number of ether oxygens (including phenoxy) is 1. The van der Waals surface area contributed by atoms with E-state index >= 15 is 0 Å². The lowest BCUT2D eigenvalue weighted by molar-refractivity contribution is -0.143. The van der Waals surface area contributed by atoms with E-state index in [9.17, 15) is 4.79 Å². The molecule has 1 atom stereocenters. The Hall–Kier alpha value is -0.830. The average Bonchev–Trinajstić information content (AvgIpc) is 2.05. The van der Waals surface area contributed by atoms with Crippen molar-refractivity contribution in [3.63, 3.8) is 0 Å².